The summed E-state index contributed by atoms with van der Waals surface area (Å²) in [6.45, 7) is 0. The summed E-state index contributed by atoms with van der Waals surface area (Å²) in [6, 6.07) is 7.20. The van der Waals surface area contributed by atoms with E-state index in [-0.39, 0.29) is 5.56 Å². The van der Waals surface area contributed by atoms with Gasteiger partial charge in [-0.1, -0.05) is 6.07 Å². The Morgan fingerprint density at radius 1 is 1.35 bits per heavy atom. The minimum Gasteiger partial charge on any atom is -0.478 e. The number of nitrogens with zero attached hydrogens (tertiary/aromatic N) is 3. The van der Waals surface area contributed by atoms with E-state index in [1.807, 2.05) is 17.5 Å². The summed E-state index contributed by atoms with van der Waals surface area (Å²) >= 11 is 1.57. The SMILES string of the molecule is O=C(O)c1ccc(-c2cccs2)n2ncnc12. The smallest absolute Gasteiger partial charge is 0.339 e. The van der Waals surface area contributed by atoms with Gasteiger partial charge in [-0.25, -0.2) is 14.3 Å². The Bertz CT molecular complexity index is 688. The predicted octanol–water partition coefficient (Wildman–Crippen LogP) is 2.16. The molecule has 0 radical (unpaired) electrons. The van der Waals surface area contributed by atoms with Gasteiger partial charge in [-0.3, -0.25) is 0 Å². The summed E-state index contributed by atoms with van der Waals surface area (Å²) in [5.41, 5.74) is 1.36. The second-order valence-corrected chi connectivity index (χ2v) is 4.36. The first-order valence-corrected chi connectivity index (χ1v) is 5.75. The van der Waals surface area contributed by atoms with Crippen LogP contribution in [0.15, 0.2) is 36.0 Å². The van der Waals surface area contributed by atoms with Crippen molar-refractivity contribution >= 4 is 23.0 Å². The molecule has 0 fully saturated rings. The quantitative estimate of drug-likeness (QED) is 0.751. The number of fused-ring (bicyclic) bond motifs is 1. The molecule has 0 aliphatic rings. The van der Waals surface area contributed by atoms with E-state index >= 15 is 0 Å². The maximum Gasteiger partial charge on any atom is 0.339 e. The number of hydrogen-bond acceptors (Lipinski definition) is 4. The van der Waals surface area contributed by atoms with E-state index in [0.29, 0.717) is 5.65 Å². The lowest BCUT2D eigenvalue weighted by molar-refractivity contribution is 0.0698. The van der Waals surface area contributed by atoms with Crippen LogP contribution in [0.4, 0.5) is 0 Å². The Kier molecular flexibility index (Phi) is 2.15. The van der Waals surface area contributed by atoms with Crippen molar-refractivity contribution in [1.82, 2.24) is 14.6 Å². The molecule has 3 heterocycles. The fourth-order valence-electron chi connectivity index (χ4n) is 1.69. The number of pyridine rings is 1. The Balaban J connectivity index is 2.33. The van der Waals surface area contributed by atoms with Crippen LogP contribution in [0, 0.1) is 0 Å². The van der Waals surface area contributed by atoms with Crippen LogP contribution in [0.5, 0.6) is 0 Å². The zero-order valence-electron chi connectivity index (χ0n) is 8.57. The van der Waals surface area contributed by atoms with E-state index in [1.165, 1.54) is 6.33 Å². The van der Waals surface area contributed by atoms with Gasteiger partial charge in [0.15, 0.2) is 5.65 Å². The summed E-state index contributed by atoms with van der Waals surface area (Å²) in [7, 11) is 0. The molecule has 5 nitrogen and oxygen atoms in total. The van der Waals surface area contributed by atoms with E-state index in [1.54, 1.807) is 28.0 Å². The monoisotopic (exact) mass is 245 g/mol. The average molecular weight is 245 g/mol. The highest BCUT2D eigenvalue weighted by molar-refractivity contribution is 7.13. The normalized spacial score (nSPS) is 10.8. The van der Waals surface area contributed by atoms with Crippen LogP contribution in [0.3, 0.4) is 0 Å². The van der Waals surface area contributed by atoms with Gasteiger partial charge in [-0.05, 0) is 23.6 Å². The van der Waals surface area contributed by atoms with Crippen molar-refractivity contribution in [2.45, 2.75) is 0 Å². The molecule has 0 spiro atoms. The standard InChI is InChI=1S/C11H7N3O2S/c15-11(16)7-3-4-8(9-2-1-5-17-9)14-10(7)12-6-13-14/h1-6H,(H,15,16). The Hall–Kier alpha value is -2.21. The molecule has 17 heavy (non-hydrogen) atoms. The highest BCUT2D eigenvalue weighted by Gasteiger charge is 2.14. The molecular weight excluding hydrogens is 238 g/mol. The molecule has 3 aromatic rings. The number of carboxylic acid groups (broad SMARTS) is 1. The molecule has 0 aliphatic heterocycles. The molecule has 0 aliphatic carbocycles. The van der Waals surface area contributed by atoms with Crippen LogP contribution in [0.25, 0.3) is 16.2 Å². The molecule has 1 N–H and O–H groups in total. The van der Waals surface area contributed by atoms with Crippen LogP contribution in [0.2, 0.25) is 0 Å². The number of aromatic carboxylic acids is 1. The Labute approximate surface area is 100.0 Å². The number of aromatic nitrogens is 3. The van der Waals surface area contributed by atoms with Crippen molar-refractivity contribution in [3.8, 4) is 10.6 Å². The molecule has 0 aromatic carbocycles. The van der Waals surface area contributed by atoms with Gasteiger partial charge in [0, 0.05) is 0 Å². The zero-order chi connectivity index (χ0) is 11.8. The van der Waals surface area contributed by atoms with Gasteiger partial charge in [0.1, 0.15) is 11.9 Å². The van der Waals surface area contributed by atoms with E-state index < -0.39 is 5.97 Å². The lowest BCUT2D eigenvalue weighted by Gasteiger charge is -2.03. The molecule has 0 amide bonds. The van der Waals surface area contributed by atoms with Crippen molar-refractivity contribution in [2.24, 2.45) is 0 Å². The first-order chi connectivity index (χ1) is 8.27. The first-order valence-electron chi connectivity index (χ1n) is 4.87. The van der Waals surface area contributed by atoms with Gasteiger partial charge in [-0.15, -0.1) is 11.3 Å². The second kappa shape index (κ2) is 3.67. The average Bonchev–Trinajstić information content (AvgIpc) is 2.98. The molecule has 3 rings (SSSR count). The molecular formula is C11H7N3O2S. The summed E-state index contributed by atoms with van der Waals surface area (Å²) in [4.78, 5) is 16.0. The molecule has 0 saturated heterocycles. The van der Waals surface area contributed by atoms with Crippen molar-refractivity contribution in [3.05, 3.63) is 41.5 Å². The van der Waals surface area contributed by atoms with Gasteiger partial charge >= 0.3 is 5.97 Å². The largest absolute Gasteiger partial charge is 0.478 e. The van der Waals surface area contributed by atoms with Crippen molar-refractivity contribution in [1.29, 1.82) is 0 Å². The van der Waals surface area contributed by atoms with Gasteiger partial charge in [0.2, 0.25) is 0 Å². The lowest BCUT2D eigenvalue weighted by Crippen LogP contribution is -2.03. The van der Waals surface area contributed by atoms with Crippen LogP contribution < -0.4 is 0 Å². The van der Waals surface area contributed by atoms with Gasteiger partial charge in [-0.2, -0.15) is 5.10 Å². The maximum atomic E-state index is 11.0. The highest BCUT2D eigenvalue weighted by Crippen LogP contribution is 2.25. The summed E-state index contributed by atoms with van der Waals surface area (Å²) in [6.07, 6.45) is 1.36. The third-order valence-corrected chi connectivity index (χ3v) is 3.32. The van der Waals surface area contributed by atoms with E-state index in [0.717, 1.165) is 10.6 Å². The number of rotatable bonds is 2. The fourth-order valence-corrected chi connectivity index (χ4v) is 2.42. The Morgan fingerprint density at radius 3 is 2.94 bits per heavy atom. The summed E-state index contributed by atoms with van der Waals surface area (Å²) in [5.74, 6) is -0.999. The van der Waals surface area contributed by atoms with Crippen LogP contribution >= 0.6 is 11.3 Å². The number of thiophene rings is 1. The number of carboxylic acids is 1. The number of hydrogen-bond donors (Lipinski definition) is 1. The number of carbonyl (C=O) groups is 1. The topological polar surface area (TPSA) is 67.5 Å². The first kappa shape index (κ1) is 9.98. The van der Waals surface area contributed by atoms with Crippen molar-refractivity contribution in [2.75, 3.05) is 0 Å². The van der Waals surface area contributed by atoms with Gasteiger partial charge in [0.05, 0.1) is 10.6 Å². The van der Waals surface area contributed by atoms with Crippen molar-refractivity contribution in [3.63, 3.8) is 0 Å². The molecule has 0 saturated carbocycles. The zero-order valence-corrected chi connectivity index (χ0v) is 9.39. The van der Waals surface area contributed by atoms with Crippen molar-refractivity contribution < 1.29 is 9.90 Å². The molecule has 0 atom stereocenters. The van der Waals surface area contributed by atoms with Gasteiger partial charge < -0.3 is 5.11 Å². The summed E-state index contributed by atoms with van der Waals surface area (Å²) < 4.78 is 1.55. The fraction of sp³-hybridized carbons (Fsp3) is 0. The predicted molar refractivity (Wildman–Crippen MR) is 63.3 cm³/mol. The third-order valence-electron chi connectivity index (χ3n) is 2.43. The summed E-state index contributed by atoms with van der Waals surface area (Å²) in [5, 5.41) is 15.1. The van der Waals surface area contributed by atoms with E-state index in [2.05, 4.69) is 10.1 Å². The lowest BCUT2D eigenvalue weighted by atomic mass is 10.2. The van der Waals surface area contributed by atoms with Gasteiger partial charge in [0.25, 0.3) is 0 Å². The van der Waals surface area contributed by atoms with E-state index in [9.17, 15) is 4.79 Å². The van der Waals surface area contributed by atoms with Crippen LogP contribution in [-0.4, -0.2) is 25.7 Å². The second-order valence-electron chi connectivity index (χ2n) is 3.41. The third kappa shape index (κ3) is 1.50. The highest BCUT2D eigenvalue weighted by atomic mass is 32.1. The van der Waals surface area contributed by atoms with Crippen LogP contribution in [0.1, 0.15) is 10.4 Å². The molecule has 0 bridgehead atoms. The molecule has 6 heteroatoms. The Morgan fingerprint density at radius 2 is 2.24 bits per heavy atom. The van der Waals surface area contributed by atoms with E-state index in [4.69, 9.17) is 5.11 Å². The van der Waals surface area contributed by atoms with Crippen LogP contribution in [-0.2, 0) is 0 Å². The molecule has 0 unspecified atom stereocenters. The molecule has 84 valence electrons. The minimum atomic E-state index is -0.999. The minimum absolute atomic E-state index is 0.155. The molecule has 3 aromatic heterocycles. The maximum absolute atomic E-state index is 11.0.